The molecule has 0 radical (unpaired) electrons. The summed E-state index contributed by atoms with van der Waals surface area (Å²) in [5, 5.41) is 9.63. The van der Waals surface area contributed by atoms with Crippen LogP contribution in [0.1, 0.15) is 26.8 Å². The third kappa shape index (κ3) is 5.22. The number of benzene rings is 2. The summed E-state index contributed by atoms with van der Waals surface area (Å²) in [6, 6.07) is 14.9. The fourth-order valence-electron chi connectivity index (χ4n) is 2.78. The molecule has 31 heavy (non-hydrogen) atoms. The minimum atomic E-state index is -0.990. The molecule has 0 unspecified atom stereocenters. The van der Waals surface area contributed by atoms with E-state index in [1.807, 2.05) is 30.3 Å². The Balaban J connectivity index is 2.00. The first-order chi connectivity index (χ1) is 14.8. The van der Waals surface area contributed by atoms with Crippen molar-refractivity contribution in [2.45, 2.75) is 26.8 Å². The number of anilines is 2. The van der Waals surface area contributed by atoms with Crippen molar-refractivity contribution in [3.05, 3.63) is 76.8 Å². The van der Waals surface area contributed by atoms with Crippen LogP contribution >= 0.6 is 0 Å². The van der Waals surface area contributed by atoms with Gasteiger partial charge in [0.2, 0.25) is 11.8 Å². The van der Waals surface area contributed by atoms with E-state index in [0.29, 0.717) is 11.4 Å². The summed E-state index contributed by atoms with van der Waals surface area (Å²) in [4.78, 5) is 38.0. The van der Waals surface area contributed by atoms with Gasteiger partial charge in [-0.25, -0.2) is 9.07 Å². The molecule has 0 aliphatic rings. The minimum Gasteiger partial charge on any atom is -0.324 e. The second kappa shape index (κ2) is 9.34. The molecule has 3 aromatic rings. The van der Waals surface area contributed by atoms with Crippen LogP contribution in [-0.4, -0.2) is 21.6 Å². The van der Waals surface area contributed by atoms with E-state index >= 15 is 0 Å². The first-order valence-electron chi connectivity index (χ1n) is 9.83. The van der Waals surface area contributed by atoms with Gasteiger partial charge in [0.1, 0.15) is 17.5 Å². The van der Waals surface area contributed by atoms with E-state index in [9.17, 15) is 18.8 Å². The van der Waals surface area contributed by atoms with E-state index in [4.69, 9.17) is 0 Å². The van der Waals surface area contributed by atoms with E-state index in [-0.39, 0.29) is 17.5 Å². The van der Waals surface area contributed by atoms with Crippen LogP contribution in [0.4, 0.5) is 15.8 Å². The first kappa shape index (κ1) is 21.9. The van der Waals surface area contributed by atoms with Gasteiger partial charge in [0, 0.05) is 17.2 Å². The standard InChI is InChI=1S/C23H23FN4O3/c1-14(2)21(29)26-20-13-19(16-7-5-4-6-8-16)27-28(23(20)31)15(3)22(30)25-18-11-9-17(24)10-12-18/h4-15H,1-3H3,(H,25,30)(H,26,29)/t15-/m1/s1. The molecule has 3 rings (SSSR count). The normalized spacial score (nSPS) is 11.8. The Kier molecular flexibility index (Phi) is 6.59. The van der Waals surface area contributed by atoms with Gasteiger partial charge < -0.3 is 10.6 Å². The number of amides is 2. The fourth-order valence-corrected chi connectivity index (χ4v) is 2.78. The zero-order valence-electron chi connectivity index (χ0n) is 17.4. The summed E-state index contributed by atoms with van der Waals surface area (Å²) >= 11 is 0. The van der Waals surface area contributed by atoms with Gasteiger partial charge in [-0.05, 0) is 37.3 Å². The molecule has 0 spiro atoms. The van der Waals surface area contributed by atoms with Crippen molar-refractivity contribution >= 4 is 23.2 Å². The fraction of sp³-hybridized carbons (Fsp3) is 0.217. The van der Waals surface area contributed by atoms with Crippen molar-refractivity contribution in [3.63, 3.8) is 0 Å². The average molecular weight is 422 g/mol. The summed E-state index contributed by atoms with van der Waals surface area (Å²) in [6.45, 7) is 4.95. The highest BCUT2D eigenvalue weighted by Gasteiger charge is 2.22. The van der Waals surface area contributed by atoms with E-state index < -0.39 is 23.3 Å². The molecule has 1 aromatic heterocycles. The van der Waals surface area contributed by atoms with Crippen molar-refractivity contribution in [1.82, 2.24) is 9.78 Å². The zero-order chi connectivity index (χ0) is 22.5. The molecule has 7 nitrogen and oxygen atoms in total. The second-order valence-corrected chi connectivity index (χ2v) is 7.38. The first-order valence-corrected chi connectivity index (χ1v) is 9.83. The Labute approximate surface area is 178 Å². The van der Waals surface area contributed by atoms with Gasteiger partial charge in [-0.3, -0.25) is 14.4 Å². The van der Waals surface area contributed by atoms with Crippen molar-refractivity contribution < 1.29 is 14.0 Å². The molecule has 0 saturated carbocycles. The highest BCUT2D eigenvalue weighted by Crippen LogP contribution is 2.20. The molecule has 2 N–H and O–H groups in total. The Hall–Kier alpha value is -3.81. The number of hydrogen-bond acceptors (Lipinski definition) is 4. The number of hydrogen-bond donors (Lipinski definition) is 2. The van der Waals surface area contributed by atoms with Crippen molar-refractivity contribution in [1.29, 1.82) is 0 Å². The lowest BCUT2D eigenvalue weighted by Gasteiger charge is -2.17. The Bertz CT molecular complexity index is 1140. The van der Waals surface area contributed by atoms with Gasteiger partial charge in [-0.15, -0.1) is 0 Å². The molecule has 2 amide bonds. The maximum Gasteiger partial charge on any atom is 0.291 e. The summed E-state index contributed by atoms with van der Waals surface area (Å²) in [7, 11) is 0. The van der Waals surface area contributed by atoms with Crippen LogP contribution in [0, 0.1) is 11.7 Å². The van der Waals surface area contributed by atoms with Gasteiger partial charge in [0.15, 0.2) is 0 Å². The van der Waals surface area contributed by atoms with Crippen LogP contribution in [0.25, 0.3) is 11.3 Å². The average Bonchev–Trinajstić information content (AvgIpc) is 2.76. The monoisotopic (exact) mass is 422 g/mol. The van der Waals surface area contributed by atoms with Crippen molar-refractivity contribution in [2.24, 2.45) is 5.92 Å². The Morgan fingerprint density at radius 2 is 1.58 bits per heavy atom. The molecule has 0 saturated heterocycles. The van der Waals surface area contributed by atoms with E-state index in [1.165, 1.54) is 37.3 Å². The molecule has 0 aliphatic carbocycles. The van der Waals surface area contributed by atoms with E-state index in [2.05, 4.69) is 15.7 Å². The largest absolute Gasteiger partial charge is 0.324 e. The van der Waals surface area contributed by atoms with Gasteiger partial charge in [0.25, 0.3) is 5.56 Å². The quantitative estimate of drug-likeness (QED) is 0.631. The molecule has 1 atom stereocenters. The third-order valence-corrected chi connectivity index (χ3v) is 4.64. The number of nitrogens with zero attached hydrogens (tertiary/aromatic N) is 2. The van der Waals surface area contributed by atoms with Crippen LogP contribution in [0.15, 0.2) is 65.5 Å². The lowest BCUT2D eigenvalue weighted by Crippen LogP contribution is -2.36. The predicted octanol–water partition coefficient (Wildman–Crippen LogP) is 3.84. The summed E-state index contributed by atoms with van der Waals surface area (Å²) in [5.74, 6) is -1.59. The number of aromatic nitrogens is 2. The topological polar surface area (TPSA) is 93.1 Å². The molecule has 0 aliphatic heterocycles. The number of halogens is 1. The second-order valence-electron chi connectivity index (χ2n) is 7.38. The van der Waals surface area contributed by atoms with E-state index in [0.717, 1.165) is 10.2 Å². The van der Waals surface area contributed by atoms with Gasteiger partial charge in [-0.2, -0.15) is 5.10 Å². The van der Waals surface area contributed by atoms with Crippen LogP contribution in [-0.2, 0) is 9.59 Å². The van der Waals surface area contributed by atoms with Gasteiger partial charge >= 0.3 is 0 Å². The predicted molar refractivity (Wildman–Crippen MR) is 117 cm³/mol. The number of rotatable bonds is 6. The zero-order valence-corrected chi connectivity index (χ0v) is 17.4. The maximum atomic E-state index is 13.1. The lowest BCUT2D eigenvalue weighted by atomic mass is 10.1. The molecular formula is C23H23FN4O3. The molecule has 2 aromatic carbocycles. The maximum absolute atomic E-state index is 13.1. The van der Waals surface area contributed by atoms with E-state index in [1.54, 1.807) is 13.8 Å². The summed E-state index contributed by atoms with van der Waals surface area (Å²) in [6.07, 6.45) is 0. The smallest absolute Gasteiger partial charge is 0.291 e. The minimum absolute atomic E-state index is 0.0361. The van der Waals surface area contributed by atoms with Crippen LogP contribution in [0.2, 0.25) is 0 Å². The van der Waals surface area contributed by atoms with Gasteiger partial charge in [-0.1, -0.05) is 44.2 Å². The summed E-state index contributed by atoms with van der Waals surface area (Å²) in [5.41, 5.74) is 0.978. The van der Waals surface area contributed by atoms with Crippen molar-refractivity contribution in [2.75, 3.05) is 10.6 Å². The third-order valence-electron chi connectivity index (χ3n) is 4.64. The van der Waals surface area contributed by atoms with Crippen LogP contribution in [0.3, 0.4) is 0 Å². The molecular weight excluding hydrogens is 399 g/mol. The molecule has 160 valence electrons. The highest BCUT2D eigenvalue weighted by atomic mass is 19.1. The number of carbonyl (C=O) groups excluding carboxylic acids is 2. The van der Waals surface area contributed by atoms with Crippen LogP contribution in [0.5, 0.6) is 0 Å². The van der Waals surface area contributed by atoms with Crippen molar-refractivity contribution in [3.8, 4) is 11.3 Å². The van der Waals surface area contributed by atoms with Gasteiger partial charge in [0.05, 0.1) is 5.69 Å². The SMILES string of the molecule is CC(C)C(=O)Nc1cc(-c2ccccc2)nn([C@H](C)C(=O)Nc2ccc(F)cc2)c1=O. The Morgan fingerprint density at radius 3 is 2.19 bits per heavy atom. The molecule has 1 heterocycles. The number of carbonyl (C=O) groups is 2. The van der Waals surface area contributed by atoms with Crippen LogP contribution < -0.4 is 16.2 Å². The Morgan fingerprint density at radius 1 is 0.935 bits per heavy atom. The highest BCUT2D eigenvalue weighted by molar-refractivity contribution is 5.94. The molecule has 0 bridgehead atoms. The summed E-state index contributed by atoms with van der Waals surface area (Å²) < 4.78 is 14.1. The molecule has 0 fully saturated rings. The lowest BCUT2D eigenvalue weighted by molar-refractivity contribution is -0.119. The number of nitrogens with one attached hydrogen (secondary N) is 2. The molecule has 8 heteroatoms.